The number of aryl methyl sites for hydroxylation is 2. The molecule has 2 aromatic heterocycles. The van der Waals surface area contributed by atoms with Gasteiger partial charge in [0.05, 0.1) is 11.3 Å². The first-order chi connectivity index (χ1) is 14.7. The van der Waals surface area contributed by atoms with Crippen LogP contribution in [0.15, 0.2) is 51.3 Å². The molecule has 0 bridgehead atoms. The third-order valence-electron chi connectivity index (χ3n) is 5.38. The normalized spacial score (nSPS) is 16.7. The molecular weight excluding hydrogens is 424 g/mol. The number of hydroxylamine groups is 1. The first-order valence-electron chi connectivity index (χ1n) is 10.4. The highest BCUT2D eigenvalue weighted by atomic mass is 32.2. The van der Waals surface area contributed by atoms with Crippen LogP contribution in [0.2, 0.25) is 0 Å². The molecule has 0 unspecified atom stereocenters. The van der Waals surface area contributed by atoms with Crippen molar-refractivity contribution in [2.24, 2.45) is 4.99 Å². The van der Waals surface area contributed by atoms with Crippen molar-refractivity contribution in [2.75, 3.05) is 6.61 Å². The van der Waals surface area contributed by atoms with Gasteiger partial charge in [-0.25, -0.2) is 5.48 Å². The molecule has 7 heteroatoms. The smallest absolute Gasteiger partial charge is 0.156 e. The fourth-order valence-corrected chi connectivity index (χ4v) is 5.20. The number of aliphatic imine (C=N–C) groups is 1. The maximum absolute atomic E-state index is 5.73. The van der Waals surface area contributed by atoms with Crippen molar-refractivity contribution in [3.05, 3.63) is 68.5 Å². The number of thiophene rings is 1. The van der Waals surface area contributed by atoms with E-state index in [0.29, 0.717) is 12.4 Å². The molecule has 0 spiro atoms. The van der Waals surface area contributed by atoms with Crippen LogP contribution < -0.4 is 5.48 Å². The lowest BCUT2D eigenvalue weighted by atomic mass is 9.87. The van der Waals surface area contributed by atoms with Crippen molar-refractivity contribution in [1.82, 2.24) is 15.7 Å². The minimum Gasteiger partial charge on any atom is -0.272 e. The van der Waals surface area contributed by atoms with Gasteiger partial charge in [-0.05, 0) is 61.6 Å². The van der Waals surface area contributed by atoms with Gasteiger partial charge >= 0.3 is 0 Å². The second kappa shape index (κ2) is 8.73. The third kappa shape index (κ3) is 4.84. The number of hydrogen-bond acceptors (Lipinski definition) is 7. The molecule has 3 heterocycles. The number of rotatable bonds is 4. The highest BCUT2D eigenvalue weighted by Crippen LogP contribution is 2.34. The molecule has 1 aromatic carbocycles. The number of hydrogen-bond donors (Lipinski definition) is 1. The van der Waals surface area contributed by atoms with Crippen LogP contribution in [0.1, 0.15) is 59.0 Å². The lowest BCUT2D eigenvalue weighted by Crippen LogP contribution is -2.33. The maximum atomic E-state index is 5.73. The molecule has 0 saturated heterocycles. The standard InChI is InChI=1S/C24H28N4OS2/c1-14-7-12-20(30-14)19-13-29-28-22(25-19)21-15(2)16(3)26-27-23(21)31-18-10-8-17(9-11-18)24(4,5)6/h7-12,19H,13H2,1-6H3,(H,25,28)/t19-/m0/s1. The van der Waals surface area contributed by atoms with Crippen molar-refractivity contribution in [3.63, 3.8) is 0 Å². The van der Waals surface area contributed by atoms with E-state index in [0.717, 1.165) is 26.7 Å². The fourth-order valence-electron chi connectivity index (χ4n) is 3.37. The molecule has 0 amide bonds. The fraction of sp³-hybridized carbons (Fsp3) is 0.375. The van der Waals surface area contributed by atoms with Crippen LogP contribution in [0.25, 0.3) is 0 Å². The largest absolute Gasteiger partial charge is 0.272 e. The van der Waals surface area contributed by atoms with Crippen LogP contribution in [0.4, 0.5) is 0 Å². The first kappa shape index (κ1) is 22.0. The van der Waals surface area contributed by atoms with Crippen LogP contribution in [-0.4, -0.2) is 22.6 Å². The second-order valence-electron chi connectivity index (χ2n) is 8.82. The van der Waals surface area contributed by atoms with Gasteiger partial charge in [-0.2, -0.15) is 5.10 Å². The summed E-state index contributed by atoms with van der Waals surface area (Å²) in [4.78, 5) is 14.3. The summed E-state index contributed by atoms with van der Waals surface area (Å²) in [6.07, 6.45) is 0. The van der Waals surface area contributed by atoms with E-state index in [-0.39, 0.29) is 11.5 Å². The van der Waals surface area contributed by atoms with E-state index < -0.39 is 0 Å². The summed E-state index contributed by atoms with van der Waals surface area (Å²) in [6.45, 7) is 13.3. The second-order valence-corrected chi connectivity index (χ2v) is 11.2. The summed E-state index contributed by atoms with van der Waals surface area (Å²) in [6, 6.07) is 12.9. The SMILES string of the molecule is Cc1ccc([C@@H]2CONC(c3c(Sc4ccc(C(C)(C)C)cc4)nnc(C)c3C)=N2)s1. The number of nitrogens with zero attached hydrogens (tertiary/aromatic N) is 3. The summed E-state index contributed by atoms with van der Waals surface area (Å²) in [5, 5.41) is 9.72. The lowest BCUT2D eigenvalue weighted by molar-refractivity contribution is 0.0627. The van der Waals surface area contributed by atoms with E-state index in [9.17, 15) is 0 Å². The van der Waals surface area contributed by atoms with Gasteiger partial charge in [0.15, 0.2) is 5.84 Å². The van der Waals surface area contributed by atoms with E-state index in [1.807, 2.05) is 6.92 Å². The van der Waals surface area contributed by atoms with Crippen molar-refractivity contribution in [2.45, 2.75) is 62.9 Å². The minimum atomic E-state index is -0.0215. The molecule has 0 aliphatic carbocycles. The topological polar surface area (TPSA) is 59.4 Å². The Bertz CT molecular complexity index is 1110. The Kier molecular flexibility index (Phi) is 6.19. The highest BCUT2D eigenvalue weighted by Gasteiger charge is 2.25. The minimum absolute atomic E-state index is 0.0215. The Morgan fingerprint density at radius 2 is 1.77 bits per heavy atom. The predicted molar refractivity (Wildman–Crippen MR) is 128 cm³/mol. The maximum Gasteiger partial charge on any atom is 0.156 e. The molecule has 1 aliphatic rings. The molecule has 162 valence electrons. The van der Waals surface area contributed by atoms with Crippen LogP contribution in [0, 0.1) is 20.8 Å². The number of nitrogens with one attached hydrogen (secondary N) is 1. The van der Waals surface area contributed by atoms with Crippen molar-refractivity contribution >= 4 is 28.9 Å². The van der Waals surface area contributed by atoms with Gasteiger partial charge in [0.1, 0.15) is 17.7 Å². The zero-order chi connectivity index (χ0) is 22.2. The van der Waals surface area contributed by atoms with Gasteiger partial charge in [0.2, 0.25) is 0 Å². The van der Waals surface area contributed by atoms with E-state index >= 15 is 0 Å². The van der Waals surface area contributed by atoms with Crippen molar-refractivity contribution < 1.29 is 4.84 Å². The molecule has 0 saturated carbocycles. The predicted octanol–water partition coefficient (Wildman–Crippen LogP) is 5.93. The molecule has 4 rings (SSSR count). The zero-order valence-electron chi connectivity index (χ0n) is 18.8. The van der Waals surface area contributed by atoms with Gasteiger partial charge in [0.25, 0.3) is 0 Å². The van der Waals surface area contributed by atoms with E-state index in [4.69, 9.17) is 9.83 Å². The molecule has 31 heavy (non-hydrogen) atoms. The summed E-state index contributed by atoms with van der Waals surface area (Å²) in [5.41, 5.74) is 7.38. The molecular formula is C24H28N4OS2. The Balaban J connectivity index is 1.69. The summed E-state index contributed by atoms with van der Waals surface area (Å²) in [7, 11) is 0. The monoisotopic (exact) mass is 452 g/mol. The summed E-state index contributed by atoms with van der Waals surface area (Å²) >= 11 is 3.36. The van der Waals surface area contributed by atoms with E-state index in [1.165, 1.54) is 15.3 Å². The molecule has 1 N–H and O–H groups in total. The van der Waals surface area contributed by atoms with Gasteiger partial charge in [-0.1, -0.05) is 44.7 Å². The Morgan fingerprint density at radius 1 is 1.03 bits per heavy atom. The highest BCUT2D eigenvalue weighted by molar-refractivity contribution is 7.99. The quantitative estimate of drug-likeness (QED) is 0.531. The number of aromatic nitrogens is 2. The average molecular weight is 453 g/mol. The number of benzene rings is 1. The molecule has 0 radical (unpaired) electrons. The Labute approximate surface area is 192 Å². The van der Waals surface area contributed by atoms with Gasteiger partial charge in [-0.15, -0.1) is 16.4 Å². The van der Waals surface area contributed by atoms with Crippen LogP contribution >= 0.6 is 23.1 Å². The first-order valence-corrected chi connectivity index (χ1v) is 12.0. The zero-order valence-corrected chi connectivity index (χ0v) is 20.4. The average Bonchev–Trinajstić information content (AvgIpc) is 3.17. The Morgan fingerprint density at radius 3 is 2.42 bits per heavy atom. The third-order valence-corrected chi connectivity index (χ3v) is 7.47. The molecule has 1 atom stereocenters. The molecule has 0 fully saturated rings. The van der Waals surface area contributed by atoms with E-state index in [1.54, 1.807) is 23.1 Å². The van der Waals surface area contributed by atoms with E-state index in [2.05, 4.69) is 86.7 Å². The molecule has 3 aromatic rings. The van der Waals surface area contributed by atoms with Gasteiger partial charge in [0, 0.05) is 14.6 Å². The van der Waals surface area contributed by atoms with Crippen molar-refractivity contribution in [1.29, 1.82) is 0 Å². The van der Waals surface area contributed by atoms with Crippen LogP contribution in [0.3, 0.4) is 0 Å². The summed E-state index contributed by atoms with van der Waals surface area (Å²) < 4.78 is 0. The Hall–Kier alpha value is -2.22. The van der Waals surface area contributed by atoms with Crippen molar-refractivity contribution in [3.8, 4) is 0 Å². The van der Waals surface area contributed by atoms with Crippen LogP contribution in [0.5, 0.6) is 0 Å². The van der Waals surface area contributed by atoms with Gasteiger partial charge in [-0.3, -0.25) is 9.83 Å². The molecule has 1 aliphatic heterocycles. The number of amidine groups is 1. The van der Waals surface area contributed by atoms with Crippen LogP contribution in [-0.2, 0) is 10.3 Å². The van der Waals surface area contributed by atoms with Gasteiger partial charge < -0.3 is 0 Å². The molecule has 5 nitrogen and oxygen atoms in total. The summed E-state index contributed by atoms with van der Waals surface area (Å²) in [5.74, 6) is 0.714. The lowest BCUT2D eigenvalue weighted by Gasteiger charge is -2.23.